The van der Waals surface area contributed by atoms with Crippen molar-refractivity contribution in [1.82, 2.24) is 14.8 Å². The molecule has 1 unspecified atom stereocenters. The Morgan fingerprint density at radius 2 is 2.14 bits per heavy atom. The van der Waals surface area contributed by atoms with Crippen molar-refractivity contribution in [1.29, 1.82) is 0 Å². The minimum absolute atomic E-state index is 0.415. The molecule has 0 saturated carbocycles. The maximum absolute atomic E-state index is 10.5. The maximum atomic E-state index is 10.5. The number of aliphatic hydroxyl groups excluding tert-OH is 1. The summed E-state index contributed by atoms with van der Waals surface area (Å²) in [4.78, 5) is 4.25. The average Bonchev–Trinajstić information content (AvgIpc) is 2.85. The van der Waals surface area contributed by atoms with Crippen LogP contribution in [-0.4, -0.2) is 27.0 Å². The molecule has 0 amide bonds. The molecule has 6 heteroatoms. The Kier molecular flexibility index (Phi) is 5.36. The molecular weight excluding hydrogens is 334 g/mol. The van der Waals surface area contributed by atoms with Crippen LogP contribution in [0.1, 0.15) is 31.3 Å². The lowest BCUT2D eigenvalue weighted by molar-refractivity contribution is 0.172. The van der Waals surface area contributed by atoms with E-state index in [9.17, 15) is 5.11 Å². The van der Waals surface area contributed by atoms with Gasteiger partial charge in [-0.15, -0.1) is 0 Å². The summed E-state index contributed by atoms with van der Waals surface area (Å²) < 4.78 is 7.91. The largest absolute Gasteiger partial charge is 0.497 e. The van der Waals surface area contributed by atoms with Gasteiger partial charge in [0.25, 0.3) is 0 Å². The van der Waals surface area contributed by atoms with Crippen LogP contribution >= 0.6 is 15.9 Å². The van der Waals surface area contributed by atoms with E-state index in [1.165, 1.54) is 6.33 Å². The summed E-state index contributed by atoms with van der Waals surface area (Å²) in [5.74, 6) is 1.98. The van der Waals surface area contributed by atoms with Crippen LogP contribution in [0.5, 0.6) is 5.75 Å². The van der Waals surface area contributed by atoms with Crippen molar-refractivity contribution in [3.63, 3.8) is 0 Å². The lowest BCUT2D eigenvalue weighted by atomic mass is 10.1. The monoisotopic (exact) mass is 353 g/mol. The van der Waals surface area contributed by atoms with Gasteiger partial charge in [-0.2, -0.15) is 5.10 Å². The summed E-state index contributed by atoms with van der Waals surface area (Å²) in [6.45, 7) is 5.04. The number of aromatic nitrogens is 3. The molecule has 1 N–H and O–H groups in total. The maximum Gasteiger partial charge on any atom is 0.138 e. The first-order valence-corrected chi connectivity index (χ1v) is 7.68. The van der Waals surface area contributed by atoms with Crippen LogP contribution in [-0.2, 0) is 13.0 Å². The van der Waals surface area contributed by atoms with Gasteiger partial charge in [-0.1, -0.05) is 29.8 Å². The Hall–Kier alpha value is -1.40. The molecule has 21 heavy (non-hydrogen) atoms. The second kappa shape index (κ2) is 7.04. The Morgan fingerprint density at radius 3 is 2.81 bits per heavy atom. The van der Waals surface area contributed by atoms with E-state index in [1.807, 2.05) is 22.9 Å². The summed E-state index contributed by atoms with van der Waals surface area (Å²) in [5, 5.41) is 14.7. The van der Waals surface area contributed by atoms with Crippen LogP contribution < -0.4 is 4.74 Å². The molecule has 1 aromatic heterocycles. The second-order valence-corrected chi connectivity index (χ2v) is 6.21. The fraction of sp³-hybridized carbons (Fsp3) is 0.467. The number of hydrogen-bond donors (Lipinski definition) is 1. The van der Waals surface area contributed by atoms with Crippen molar-refractivity contribution < 1.29 is 9.84 Å². The van der Waals surface area contributed by atoms with E-state index in [1.54, 1.807) is 7.11 Å². The van der Waals surface area contributed by atoms with Gasteiger partial charge in [0.15, 0.2) is 0 Å². The predicted octanol–water partition coefficient (Wildman–Crippen LogP) is 2.98. The zero-order chi connectivity index (χ0) is 15.4. The van der Waals surface area contributed by atoms with Crippen LogP contribution in [0.15, 0.2) is 29.0 Å². The molecule has 1 heterocycles. The van der Waals surface area contributed by atoms with Crippen molar-refractivity contribution in [2.45, 2.75) is 32.9 Å². The number of nitrogens with zero attached hydrogens (tertiary/aromatic N) is 3. The van der Waals surface area contributed by atoms with Gasteiger partial charge in [-0.25, -0.2) is 9.67 Å². The van der Waals surface area contributed by atoms with Gasteiger partial charge in [0, 0.05) is 17.4 Å². The van der Waals surface area contributed by atoms with Crippen molar-refractivity contribution >= 4 is 15.9 Å². The molecule has 0 aliphatic carbocycles. The molecule has 0 bridgehead atoms. The van der Waals surface area contributed by atoms with E-state index in [-0.39, 0.29) is 0 Å². The minimum atomic E-state index is -0.662. The summed E-state index contributed by atoms with van der Waals surface area (Å²) in [6, 6.07) is 5.55. The molecule has 2 rings (SSSR count). The normalized spacial score (nSPS) is 12.7. The first-order chi connectivity index (χ1) is 10.0. The highest BCUT2D eigenvalue weighted by Crippen LogP contribution is 2.29. The number of ether oxygens (including phenoxy) is 1. The van der Waals surface area contributed by atoms with Gasteiger partial charge >= 0.3 is 0 Å². The molecule has 1 atom stereocenters. The van der Waals surface area contributed by atoms with Crippen LogP contribution in [0, 0.1) is 5.92 Å². The van der Waals surface area contributed by atoms with E-state index < -0.39 is 6.10 Å². The lowest BCUT2D eigenvalue weighted by Gasteiger charge is -2.15. The van der Waals surface area contributed by atoms with E-state index in [0.29, 0.717) is 12.3 Å². The number of rotatable bonds is 6. The zero-order valence-electron chi connectivity index (χ0n) is 12.5. The number of halogens is 1. The van der Waals surface area contributed by atoms with Crippen molar-refractivity contribution in [2.24, 2.45) is 5.92 Å². The van der Waals surface area contributed by atoms with Crippen LogP contribution in [0.2, 0.25) is 0 Å². The molecule has 114 valence electrons. The van der Waals surface area contributed by atoms with Crippen LogP contribution in [0.25, 0.3) is 0 Å². The summed E-state index contributed by atoms with van der Waals surface area (Å²) in [5.41, 5.74) is 0.786. The number of aliphatic hydroxyl groups is 1. The van der Waals surface area contributed by atoms with Gasteiger partial charge in [0.2, 0.25) is 0 Å². The molecule has 0 aliphatic heterocycles. The van der Waals surface area contributed by atoms with Gasteiger partial charge in [0.1, 0.15) is 17.9 Å². The number of benzene rings is 1. The molecule has 5 nitrogen and oxygen atoms in total. The van der Waals surface area contributed by atoms with Crippen LogP contribution in [0.3, 0.4) is 0 Å². The highest BCUT2D eigenvalue weighted by Gasteiger charge is 2.17. The van der Waals surface area contributed by atoms with Crippen molar-refractivity contribution in [3.8, 4) is 5.75 Å². The van der Waals surface area contributed by atoms with E-state index >= 15 is 0 Å². The zero-order valence-corrected chi connectivity index (χ0v) is 14.0. The first kappa shape index (κ1) is 16.0. The Bertz CT molecular complexity index is 598. The Balaban J connectivity index is 2.18. The number of methoxy groups -OCH3 is 1. The summed E-state index contributed by atoms with van der Waals surface area (Å²) in [7, 11) is 1.61. The standard InChI is InChI=1S/C15H20BrN3O2/c1-10(2)8-19-15(17-9-18-19)7-14(20)12-6-11(21-3)4-5-13(12)16/h4-6,9-10,14,20H,7-8H2,1-3H3. The SMILES string of the molecule is COc1ccc(Br)c(C(O)Cc2ncnn2CC(C)C)c1. The van der Waals surface area contributed by atoms with E-state index in [0.717, 1.165) is 28.2 Å². The topological polar surface area (TPSA) is 60.2 Å². The quantitative estimate of drug-likeness (QED) is 0.867. The third kappa shape index (κ3) is 4.04. The molecule has 0 saturated heterocycles. The molecule has 0 aliphatic rings. The third-order valence-corrected chi connectivity index (χ3v) is 3.89. The number of hydrogen-bond acceptors (Lipinski definition) is 4. The smallest absolute Gasteiger partial charge is 0.138 e. The average molecular weight is 354 g/mol. The van der Waals surface area contributed by atoms with Crippen molar-refractivity contribution in [2.75, 3.05) is 7.11 Å². The highest BCUT2D eigenvalue weighted by atomic mass is 79.9. The molecule has 0 spiro atoms. The predicted molar refractivity (Wildman–Crippen MR) is 84.2 cm³/mol. The van der Waals surface area contributed by atoms with Gasteiger partial charge in [-0.3, -0.25) is 0 Å². The highest BCUT2D eigenvalue weighted by molar-refractivity contribution is 9.10. The first-order valence-electron chi connectivity index (χ1n) is 6.89. The van der Waals surface area contributed by atoms with Crippen molar-refractivity contribution in [3.05, 3.63) is 40.4 Å². The van der Waals surface area contributed by atoms with E-state index in [4.69, 9.17) is 4.74 Å². The van der Waals surface area contributed by atoms with E-state index in [2.05, 4.69) is 39.9 Å². The van der Waals surface area contributed by atoms with Gasteiger partial charge in [-0.05, 0) is 29.7 Å². The lowest BCUT2D eigenvalue weighted by Crippen LogP contribution is -2.13. The fourth-order valence-electron chi connectivity index (χ4n) is 2.13. The van der Waals surface area contributed by atoms with Crippen LogP contribution in [0.4, 0.5) is 0 Å². The Morgan fingerprint density at radius 1 is 1.38 bits per heavy atom. The van der Waals surface area contributed by atoms with Gasteiger partial charge in [0.05, 0.1) is 13.2 Å². The van der Waals surface area contributed by atoms with Gasteiger partial charge < -0.3 is 9.84 Å². The minimum Gasteiger partial charge on any atom is -0.497 e. The second-order valence-electron chi connectivity index (χ2n) is 5.36. The summed E-state index contributed by atoms with van der Waals surface area (Å²) in [6.07, 6.45) is 1.29. The molecule has 2 aromatic rings. The molecule has 1 aromatic carbocycles. The molecule has 0 radical (unpaired) electrons. The molecular formula is C15H20BrN3O2. The third-order valence-electron chi connectivity index (χ3n) is 3.17. The summed E-state index contributed by atoms with van der Waals surface area (Å²) >= 11 is 3.46. The fourth-order valence-corrected chi connectivity index (χ4v) is 2.64. The molecule has 0 fully saturated rings. The Labute approximate surface area is 133 Å².